The van der Waals surface area contributed by atoms with Crippen molar-refractivity contribution in [3.05, 3.63) is 29.0 Å². The van der Waals surface area contributed by atoms with Gasteiger partial charge in [-0.05, 0) is 37.9 Å². The maximum absolute atomic E-state index is 6.33. The Morgan fingerprint density at radius 3 is 3.00 bits per heavy atom. The van der Waals surface area contributed by atoms with Gasteiger partial charge in [0, 0.05) is 6.04 Å². The molecule has 1 aromatic carbocycles. The molecule has 3 rings (SSSR count). The summed E-state index contributed by atoms with van der Waals surface area (Å²) in [5, 5.41) is 4.24. The zero-order valence-electron chi connectivity index (χ0n) is 10.6. The third kappa shape index (κ3) is 2.13. The van der Waals surface area contributed by atoms with E-state index in [0.717, 1.165) is 41.4 Å². The Morgan fingerprint density at radius 1 is 1.44 bits per heavy atom. The van der Waals surface area contributed by atoms with Gasteiger partial charge in [-0.1, -0.05) is 24.6 Å². The summed E-state index contributed by atoms with van der Waals surface area (Å²) in [6, 6.07) is 6.57. The zero-order valence-corrected chi connectivity index (χ0v) is 11.4. The average Bonchev–Trinajstić information content (AvgIpc) is 3.12. The molecule has 1 aromatic heterocycles. The van der Waals surface area contributed by atoms with Crippen LogP contribution in [-0.4, -0.2) is 16.1 Å². The molecule has 0 saturated heterocycles. The van der Waals surface area contributed by atoms with Crippen molar-refractivity contribution in [3.8, 4) is 0 Å². The highest BCUT2D eigenvalue weighted by atomic mass is 35.5. The van der Waals surface area contributed by atoms with E-state index in [9.17, 15) is 0 Å². The van der Waals surface area contributed by atoms with Crippen molar-refractivity contribution in [2.45, 2.75) is 38.8 Å². The van der Waals surface area contributed by atoms with Gasteiger partial charge >= 0.3 is 0 Å². The Hall–Kier alpha value is -1.06. The first-order valence-corrected chi connectivity index (χ1v) is 7.05. The number of benzene rings is 1. The molecule has 0 aliphatic heterocycles. The largest absolute Gasteiger partial charge is 0.323 e. The van der Waals surface area contributed by atoms with Crippen molar-refractivity contribution >= 4 is 22.6 Å². The van der Waals surface area contributed by atoms with Gasteiger partial charge < -0.3 is 9.88 Å². The molecule has 0 radical (unpaired) electrons. The van der Waals surface area contributed by atoms with Crippen molar-refractivity contribution in [2.24, 2.45) is 0 Å². The third-order valence-electron chi connectivity index (χ3n) is 3.36. The predicted octanol–water partition coefficient (Wildman–Crippen LogP) is 3.52. The molecule has 18 heavy (non-hydrogen) atoms. The lowest BCUT2D eigenvalue weighted by molar-refractivity contribution is 0.609. The van der Waals surface area contributed by atoms with E-state index in [-0.39, 0.29) is 0 Å². The van der Waals surface area contributed by atoms with Crippen molar-refractivity contribution in [1.29, 1.82) is 0 Å². The first-order valence-electron chi connectivity index (χ1n) is 6.67. The van der Waals surface area contributed by atoms with Crippen molar-refractivity contribution < 1.29 is 0 Å². The van der Waals surface area contributed by atoms with Crippen LogP contribution >= 0.6 is 11.6 Å². The lowest BCUT2D eigenvalue weighted by atomic mass is 10.3. The normalized spacial score (nSPS) is 15.4. The van der Waals surface area contributed by atoms with Crippen molar-refractivity contribution in [1.82, 2.24) is 14.9 Å². The molecule has 0 amide bonds. The molecular weight excluding hydrogens is 246 g/mol. The summed E-state index contributed by atoms with van der Waals surface area (Å²) < 4.78 is 2.33. The smallest absolute Gasteiger partial charge is 0.124 e. The van der Waals surface area contributed by atoms with Crippen LogP contribution in [0.25, 0.3) is 11.0 Å². The van der Waals surface area contributed by atoms with Gasteiger partial charge in [0.2, 0.25) is 0 Å². The van der Waals surface area contributed by atoms with E-state index in [4.69, 9.17) is 16.6 Å². The second-order valence-corrected chi connectivity index (χ2v) is 5.32. The molecule has 2 aromatic rings. The molecule has 0 spiro atoms. The Balaban J connectivity index is 2.01. The lowest BCUT2D eigenvalue weighted by Gasteiger charge is -2.08. The Kier molecular flexibility index (Phi) is 3.27. The first kappa shape index (κ1) is 12.0. The highest BCUT2D eigenvalue weighted by Crippen LogP contribution is 2.40. The van der Waals surface area contributed by atoms with Gasteiger partial charge in [-0.3, -0.25) is 0 Å². The number of nitrogens with zero attached hydrogens (tertiary/aromatic N) is 2. The second-order valence-electron chi connectivity index (χ2n) is 4.91. The van der Waals surface area contributed by atoms with E-state index in [1.807, 2.05) is 18.2 Å². The summed E-state index contributed by atoms with van der Waals surface area (Å²) >= 11 is 6.33. The van der Waals surface area contributed by atoms with Crippen LogP contribution in [0.2, 0.25) is 5.02 Å². The molecular formula is C14H18ClN3. The summed E-state index contributed by atoms with van der Waals surface area (Å²) in [5.41, 5.74) is 2.12. The molecule has 3 nitrogen and oxygen atoms in total. The number of rotatable bonds is 5. The molecule has 0 atom stereocenters. The van der Waals surface area contributed by atoms with Gasteiger partial charge in [-0.15, -0.1) is 0 Å². The maximum atomic E-state index is 6.33. The number of hydrogen-bond acceptors (Lipinski definition) is 2. The fraction of sp³-hybridized carbons (Fsp3) is 0.500. The number of nitrogens with one attached hydrogen (secondary N) is 1. The van der Waals surface area contributed by atoms with Crippen LogP contribution in [0.5, 0.6) is 0 Å². The summed E-state index contributed by atoms with van der Waals surface area (Å²) in [6.45, 7) is 4.03. The molecule has 1 N–H and O–H groups in total. The number of fused-ring (bicyclic) bond motifs is 1. The molecule has 4 heteroatoms. The van der Waals surface area contributed by atoms with E-state index >= 15 is 0 Å². The van der Waals surface area contributed by atoms with Crippen LogP contribution in [0.3, 0.4) is 0 Å². The van der Waals surface area contributed by atoms with Gasteiger partial charge in [0.1, 0.15) is 5.82 Å². The fourth-order valence-corrected chi connectivity index (χ4v) is 2.64. The topological polar surface area (TPSA) is 29.9 Å². The Labute approximate surface area is 112 Å². The van der Waals surface area contributed by atoms with Crippen LogP contribution in [0.4, 0.5) is 0 Å². The average molecular weight is 264 g/mol. The molecule has 96 valence electrons. The van der Waals surface area contributed by atoms with Gasteiger partial charge in [0.25, 0.3) is 0 Å². The van der Waals surface area contributed by atoms with Crippen LogP contribution in [0.1, 0.15) is 38.1 Å². The van der Waals surface area contributed by atoms with Gasteiger partial charge in [-0.2, -0.15) is 0 Å². The van der Waals surface area contributed by atoms with E-state index in [1.54, 1.807) is 0 Å². The van der Waals surface area contributed by atoms with Crippen molar-refractivity contribution in [3.63, 3.8) is 0 Å². The van der Waals surface area contributed by atoms with Crippen LogP contribution in [0.15, 0.2) is 18.2 Å². The minimum Gasteiger partial charge on any atom is -0.323 e. The monoisotopic (exact) mass is 263 g/mol. The third-order valence-corrected chi connectivity index (χ3v) is 3.66. The molecule has 0 bridgehead atoms. The molecule has 1 heterocycles. The molecule has 1 aliphatic rings. The highest BCUT2D eigenvalue weighted by Gasteiger charge is 2.28. The zero-order chi connectivity index (χ0) is 12.5. The van der Waals surface area contributed by atoms with Crippen LogP contribution in [0, 0.1) is 0 Å². The standard InChI is InChI=1S/C14H18ClN3/c1-2-8-16-9-13-17-12-5-3-4-11(15)14(12)18(13)10-6-7-10/h3-5,10,16H,2,6-9H2,1H3. The Morgan fingerprint density at radius 2 is 2.28 bits per heavy atom. The van der Waals surface area contributed by atoms with E-state index in [2.05, 4.69) is 16.8 Å². The number of hydrogen-bond donors (Lipinski definition) is 1. The van der Waals surface area contributed by atoms with Gasteiger partial charge in [0.05, 0.1) is 22.6 Å². The molecule has 1 fully saturated rings. The quantitative estimate of drug-likeness (QED) is 0.837. The molecule has 1 saturated carbocycles. The maximum Gasteiger partial charge on any atom is 0.124 e. The van der Waals surface area contributed by atoms with E-state index < -0.39 is 0 Å². The first-order chi connectivity index (χ1) is 8.81. The van der Waals surface area contributed by atoms with Crippen LogP contribution < -0.4 is 5.32 Å². The Bertz CT molecular complexity index is 557. The summed E-state index contributed by atoms with van der Waals surface area (Å²) in [5.74, 6) is 1.12. The van der Waals surface area contributed by atoms with Gasteiger partial charge in [0.15, 0.2) is 0 Å². The van der Waals surface area contributed by atoms with E-state index in [1.165, 1.54) is 12.8 Å². The minimum atomic E-state index is 0.605. The van der Waals surface area contributed by atoms with Crippen LogP contribution in [-0.2, 0) is 6.54 Å². The number of aromatic nitrogens is 2. The number of halogens is 1. The number of para-hydroxylation sites is 1. The number of imidazole rings is 1. The highest BCUT2D eigenvalue weighted by molar-refractivity contribution is 6.35. The fourth-order valence-electron chi connectivity index (χ4n) is 2.38. The molecule has 0 unspecified atom stereocenters. The SMILES string of the molecule is CCCNCc1nc2cccc(Cl)c2n1C1CC1. The summed E-state index contributed by atoms with van der Waals surface area (Å²) in [4.78, 5) is 4.72. The van der Waals surface area contributed by atoms with Crippen molar-refractivity contribution in [2.75, 3.05) is 6.54 Å². The summed E-state index contributed by atoms with van der Waals surface area (Å²) in [6.07, 6.45) is 3.64. The second kappa shape index (κ2) is 4.90. The molecule has 1 aliphatic carbocycles. The van der Waals surface area contributed by atoms with Gasteiger partial charge in [-0.25, -0.2) is 4.98 Å². The summed E-state index contributed by atoms with van der Waals surface area (Å²) in [7, 11) is 0. The lowest BCUT2D eigenvalue weighted by Crippen LogP contribution is -2.17. The predicted molar refractivity (Wildman–Crippen MR) is 75.0 cm³/mol. The minimum absolute atomic E-state index is 0.605. The van der Waals surface area contributed by atoms with E-state index in [0.29, 0.717) is 6.04 Å².